The molecule has 2 rings (SSSR count). The van der Waals surface area contributed by atoms with E-state index in [4.69, 9.17) is 0 Å². The van der Waals surface area contributed by atoms with Crippen molar-refractivity contribution in [3.05, 3.63) is 0 Å². The van der Waals surface area contributed by atoms with Crippen molar-refractivity contribution in [2.45, 2.75) is 38.6 Å². The van der Waals surface area contributed by atoms with E-state index in [-0.39, 0.29) is 24.4 Å². The molecule has 2 saturated heterocycles. The summed E-state index contributed by atoms with van der Waals surface area (Å²) in [6, 6.07) is 0.0639. The number of likely N-dealkylation sites (tertiary alicyclic amines) is 1. The highest BCUT2D eigenvalue weighted by atomic mass is 35.5. The first-order valence-electron chi connectivity index (χ1n) is 6.99. The average molecular weight is 276 g/mol. The average Bonchev–Trinajstić information content (AvgIpc) is 2.97. The third-order valence-corrected chi connectivity index (χ3v) is 3.77. The highest BCUT2D eigenvalue weighted by Gasteiger charge is 2.22. The molecule has 2 atom stereocenters. The van der Waals surface area contributed by atoms with E-state index in [9.17, 15) is 4.79 Å². The smallest absolute Gasteiger partial charge is 0.237 e. The molecular formula is C13H26ClN3O. The van der Waals surface area contributed by atoms with Crippen LogP contribution < -0.4 is 10.6 Å². The van der Waals surface area contributed by atoms with Gasteiger partial charge >= 0.3 is 0 Å². The number of carbonyl (C=O) groups is 1. The number of halogens is 1. The number of amides is 1. The molecule has 0 spiro atoms. The number of hydrogen-bond donors (Lipinski definition) is 2. The van der Waals surface area contributed by atoms with Crippen LogP contribution in [0.4, 0.5) is 0 Å². The van der Waals surface area contributed by atoms with Crippen LogP contribution in [0.25, 0.3) is 0 Å². The van der Waals surface area contributed by atoms with Gasteiger partial charge in [0.25, 0.3) is 0 Å². The molecule has 0 bridgehead atoms. The fourth-order valence-corrected chi connectivity index (χ4v) is 2.78. The summed E-state index contributed by atoms with van der Waals surface area (Å²) >= 11 is 0. The van der Waals surface area contributed by atoms with Gasteiger partial charge in [-0.05, 0) is 51.2 Å². The van der Waals surface area contributed by atoms with Crippen LogP contribution in [0.3, 0.4) is 0 Å². The lowest BCUT2D eigenvalue weighted by molar-refractivity contribution is -0.122. The van der Waals surface area contributed by atoms with Gasteiger partial charge in [-0.1, -0.05) is 6.92 Å². The second-order valence-electron chi connectivity index (χ2n) is 5.51. The maximum Gasteiger partial charge on any atom is 0.237 e. The summed E-state index contributed by atoms with van der Waals surface area (Å²) in [4.78, 5) is 14.3. The van der Waals surface area contributed by atoms with Crippen molar-refractivity contribution in [1.82, 2.24) is 15.5 Å². The van der Waals surface area contributed by atoms with Crippen LogP contribution in [0.2, 0.25) is 0 Å². The summed E-state index contributed by atoms with van der Waals surface area (Å²) in [5.41, 5.74) is 0. The number of carbonyl (C=O) groups excluding carboxylic acids is 1. The van der Waals surface area contributed by atoms with Crippen molar-refractivity contribution in [3.63, 3.8) is 0 Å². The maximum absolute atomic E-state index is 11.8. The molecule has 2 N–H and O–H groups in total. The molecule has 1 amide bonds. The van der Waals surface area contributed by atoms with Gasteiger partial charge in [-0.3, -0.25) is 4.79 Å². The molecule has 0 aromatic heterocycles. The van der Waals surface area contributed by atoms with Crippen LogP contribution >= 0.6 is 12.4 Å². The van der Waals surface area contributed by atoms with Gasteiger partial charge in [-0.2, -0.15) is 0 Å². The Balaban J connectivity index is 0.00000162. The molecule has 0 radical (unpaired) electrons. The van der Waals surface area contributed by atoms with Crippen molar-refractivity contribution in [2.24, 2.45) is 5.92 Å². The Bertz CT molecular complexity index is 251. The zero-order valence-electron chi connectivity index (χ0n) is 11.3. The Hall–Kier alpha value is -0.320. The van der Waals surface area contributed by atoms with Crippen LogP contribution in [-0.2, 0) is 4.79 Å². The van der Waals surface area contributed by atoms with Crippen molar-refractivity contribution in [3.8, 4) is 0 Å². The highest BCUT2D eigenvalue weighted by Crippen LogP contribution is 2.10. The van der Waals surface area contributed by atoms with E-state index in [2.05, 4.69) is 22.5 Å². The molecule has 0 aromatic rings. The minimum atomic E-state index is 0. The molecule has 2 heterocycles. The SMILES string of the molecule is CC(CNC(=O)C1CCCN1)CN1CCCC1.Cl. The molecule has 0 aromatic carbocycles. The van der Waals surface area contributed by atoms with E-state index in [1.165, 1.54) is 25.9 Å². The van der Waals surface area contributed by atoms with Gasteiger partial charge in [0.05, 0.1) is 6.04 Å². The van der Waals surface area contributed by atoms with Gasteiger partial charge in [0.2, 0.25) is 5.91 Å². The van der Waals surface area contributed by atoms with Crippen LogP contribution in [0, 0.1) is 5.92 Å². The first-order valence-corrected chi connectivity index (χ1v) is 6.99. The number of hydrogen-bond acceptors (Lipinski definition) is 3. The molecule has 2 aliphatic rings. The predicted molar refractivity (Wildman–Crippen MR) is 76.1 cm³/mol. The Labute approximate surface area is 116 Å². The zero-order chi connectivity index (χ0) is 12.1. The molecule has 106 valence electrons. The van der Waals surface area contributed by atoms with E-state index in [1.54, 1.807) is 0 Å². The Kier molecular flexibility index (Phi) is 6.97. The molecule has 0 aliphatic carbocycles. The van der Waals surface area contributed by atoms with Crippen molar-refractivity contribution in [1.29, 1.82) is 0 Å². The molecular weight excluding hydrogens is 250 g/mol. The van der Waals surface area contributed by atoms with Crippen molar-refractivity contribution < 1.29 is 4.79 Å². The quantitative estimate of drug-likeness (QED) is 0.787. The van der Waals surface area contributed by atoms with Gasteiger partial charge in [-0.25, -0.2) is 0 Å². The zero-order valence-corrected chi connectivity index (χ0v) is 12.1. The van der Waals surface area contributed by atoms with E-state index in [0.29, 0.717) is 5.92 Å². The molecule has 2 unspecified atom stereocenters. The topological polar surface area (TPSA) is 44.4 Å². The first-order chi connectivity index (χ1) is 8.25. The van der Waals surface area contributed by atoms with Gasteiger partial charge in [-0.15, -0.1) is 12.4 Å². The summed E-state index contributed by atoms with van der Waals surface area (Å²) in [6.45, 7) is 7.62. The van der Waals surface area contributed by atoms with E-state index >= 15 is 0 Å². The normalized spacial score (nSPS) is 25.7. The molecule has 4 nitrogen and oxygen atoms in total. The molecule has 5 heteroatoms. The van der Waals surface area contributed by atoms with E-state index in [0.717, 1.165) is 32.5 Å². The lowest BCUT2D eigenvalue weighted by Crippen LogP contribution is -2.43. The second-order valence-corrected chi connectivity index (χ2v) is 5.51. The summed E-state index contributed by atoms with van der Waals surface area (Å²) < 4.78 is 0. The molecule has 2 fully saturated rings. The first kappa shape index (κ1) is 15.7. The van der Waals surface area contributed by atoms with Crippen molar-refractivity contribution in [2.75, 3.05) is 32.7 Å². The summed E-state index contributed by atoms with van der Waals surface area (Å²) in [5, 5.41) is 6.30. The summed E-state index contributed by atoms with van der Waals surface area (Å²) in [6.07, 6.45) is 4.80. The lowest BCUT2D eigenvalue weighted by atomic mass is 10.1. The van der Waals surface area contributed by atoms with E-state index < -0.39 is 0 Å². The Morgan fingerprint density at radius 3 is 2.72 bits per heavy atom. The molecule has 0 saturated carbocycles. The number of rotatable bonds is 5. The molecule has 2 aliphatic heterocycles. The Morgan fingerprint density at radius 2 is 2.11 bits per heavy atom. The van der Waals surface area contributed by atoms with Gasteiger partial charge in [0, 0.05) is 13.1 Å². The third-order valence-electron chi connectivity index (χ3n) is 3.77. The minimum absolute atomic E-state index is 0. The van der Waals surface area contributed by atoms with Crippen LogP contribution in [0.1, 0.15) is 32.6 Å². The Morgan fingerprint density at radius 1 is 1.39 bits per heavy atom. The minimum Gasteiger partial charge on any atom is -0.354 e. The second kappa shape index (κ2) is 7.97. The van der Waals surface area contributed by atoms with Crippen LogP contribution in [-0.4, -0.2) is 49.6 Å². The van der Waals surface area contributed by atoms with Crippen LogP contribution in [0.5, 0.6) is 0 Å². The molecule has 18 heavy (non-hydrogen) atoms. The van der Waals surface area contributed by atoms with Gasteiger partial charge < -0.3 is 15.5 Å². The predicted octanol–water partition coefficient (Wildman–Crippen LogP) is 1.01. The fourth-order valence-electron chi connectivity index (χ4n) is 2.78. The maximum atomic E-state index is 11.8. The number of nitrogens with one attached hydrogen (secondary N) is 2. The highest BCUT2D eigenvalue weighted by molar-refractivity contribution is 5.85. The lowest BCUT2D eigenvalue weighted by Gasteiger charge is -2.21. The summed E-state index contributed by atoms with van der Waals surface area (Å²) in [7, 11) is 0. The third kappa shape index (κ3) is 4.75. The standard InChI is InChI=1S/C13H25N3O.ClH/c1-11(10-16-7-2-3-8-16)9-15-13(17)12-5-4-6-14-12;/h11-12,14H,2-10H2,1H3,(H,15,17);1H. The monoisotopic (exact) mass is 275 g/mol. The number of nitrogens with zero attached hydrogens (tertiary/aromatic N) is 1. The van der Waals surface area contributed by atoms with Crippen molar-refractivity contribution >= 4 is 18.3 Å². The van der Waals surface area contributed by atoms with Gasteiger partial charge in [0.1, 0.15) is 0 Å². The fraction of sp³-hybridized carbons (Fsp3) is 0.923. The van der Waals surface area contributed by atoms with E-state index in [1.807, 2.05) is 0 Å². The van der Waals surface area contributed by atoms with Crippen LogP contribution in [0.15, 0.2) is 0 Å². The largest absolute Gasteiger partial charge is 0.354 e. The summed E-state index contributed by atoms with van der Waals surface area (Å²) in [5.74, 6) is 0.745. The van der Waals surface area contributed by atoms with Gasteiger partial charge in [0.15, 0.2) is 0 Å².